The molecule has 0 bridgehead atoms. The first-order chi connectivity index (χ1) is 8.33. The largest absolute Gasteiger partial charge is 0.508 e. The number of nitrogens with zero attached hydrogens (tertiary/aromatic N) is 3. The van der Waals surface area contributed by atoms with Gasteiger partial charge in [0.25, 0.3) is 0 Å². The highest BCUT2D eigenvalue weighted by Crippen LogP contribution is 2.20. The minimum Gasteiger partial charge on any atom is -0.508 e. The second-order valence-corrected chi connectivity index (χ2v) is 4.53. The highest BCUT2D eigenvalue weighted by atomic mass is 16.5. The van der Waals surface area contributed by atoms with E-state index in [1.54, 1.807) is 12.1 Å². The van der Waals surface area contributed by atoms with Crippen LogP contribution in [0.3, 0.4) is 0 Å². The lowest BCUT2D eigenvalue weighted by Gasteiger charge is -2.21. The SMILES string of the molecule is Oc1ccc2c(c1)nnn2CC1CCCOC1. The molecular formula is C12H15N3O2. The van der Waals surface area contributed by atoms with Crippen LogP contribution in [0.5, 0.6) is 5.75 Å². The zero-order chi connectivity index (χ0) is 11.7. The molecule has 1 aromatic carbocycles. The topological polar surface area (TPSA) is 60.2 Å². The van der Waals surface area contributed by atoms with Crippen LogP contribution in [0.2, 0.25) is 0 Å². The standard InChI is InChI=1S/C12H15N3O2/c16-10-3-4-12-11(6-10)13-14-15(12)7-9-2-1-5-17-8-9/h3-4,6,9,16H,1-2,5,7-8H2. The molecule has 1 saturated heterocycles. The van der Waals surface area contributed by atoms with E-state index < -0.39 is 0 Å². The Morgan fingerprint density at radius 2 is 2.41 bits per heavy atom. The molecular weight excluding hydrogens is 218 g/mol. The molecule has 5 nitrogen and oxygen atoms in total. The van der Waals surface area contributed by atoms with E-state index in [2.05, 4.69) is 10.3 Å². The van der Waals surface area contributed by atoms with Crippen LogP contribution in [0.4, 0.5) is 0 Å². The average molecular weight is 233 g/mol. The van der Waals surface area contributed by atoms with E-state index in [9.17, 15) is 5.11 Å². The molecule has 2 heterocycles. The Kier molecular flexibility index (Phi) is 2.68. The molecule has 1 fully saturated rings. The molecule has 90 valence electrons. The Bertz CT molecular complexity index is 517. The van der Waals surface area contributed by atoms with Gasteiger partial charge in [0.2, 0.25) is 0 Å². The molecule has 1 atom stereocenters. The third kappa shape index (κ3) is 2.10. The summed E-state index contributed by atoms with van der Waals surface area (Å²) in [7, 11) is 0. The molecule has 3 rings (SSSR count). The molecule has 1 aliphatic heterocycles. The number of phenolic OH excluding ortho intramolecular Hbond substituents is 1. The molecule has 0 saturated carbocycles. The van der Waals surface area contributed by atoms with Crippen LogP contribution in [0.1, 0.15) is 12.8 Å². The van der Waals surface area contributed by atoms with Crippen LogP contribution >= 0.6 is 0 Å². The van der Waals surface area contributed by atoms with Gasteiger partial charge in [-0.25, -0.2) is 4.68 Å². The van der Waals surface area contributed by atoms with Gasteiger partial charge in [0.15, 0.2) is 0 Å². The van der Waals surface area contributed by atoms with Gasteiger partial charge in [-0.2, -0.15) is 0 Å². The maximum Gasteiger partial charge on any atom is 0.117 e. The predicted octanol–water partition coefficient (Wildman–Crippen LogP) is 1.56. The van der Waals surface area contributed by atoms with E-state index in [1.807, 2.05) is 10.7 Å². The van der Waals surface area contributed by atoms with Crippen molar-refractivity contribution >= 4 is 11.0 Å². The molecule has 1 unspecified atom stereocenters. The second kappa shape index (κ2) is 4.33. The van der Waals surface area contributed by atoms with Crippen molar-refractivity contribution in [1.29, 1.82) is 0 Å². The van der Waals surface area contributed by atoms with Gasteiger partial charge >= 0.3 is 0 Å². The fourth-order valence-corrected chi connectivity index (χ4v) is 2.29. The van der Waals surface area contributed by atoms with Crippen LogP contribution in [0, 0.1) is 5.92 Å². The van der Waals surface area contributed by atoms with Gasteiger partial charge in [-0.3, -0.25) is 0 Å². The maximum absolute atomic E-state index is 9.36. The van der Waals surface area contributed by atoms with Crippen LogP contribution < -0.4 is 0 Å². The first-order valence-corrected chi connectivity index (χ1v) is 5.93. The number of aromatic nitrogens is 3. The predicted molar refractivity (Wildman–Crippen MR) is 62.7 cm³/mol. The molecule has 1 N–H and O–H groups in total. The molecule has 5 heteroatoms. The number of hydrogen-bond acceptors (Lipinski definition) is 4. The summed E-state index contributed by atoms with van der Waals surface area (Å²) in [5, 5.41) is 17.6. The van der Waals surface area contributed by atoms with Crippen molar-refractivity contribution in [2.75, 3.05) is 13.2 Å². The van der Waals surface area contributed by atoms with E-state index in [-0.39, 0.29) is 5.75 Å². The van der Waals surface area contributed by atoms with Gasteiger partial charge in [0, 0.05) is 25.1 Å². The summed E-state index contributed by atoms with van der Waals surface area (Å²) >= 11 is 0. The minimum absolute atomic E-state index is 0.227. The number of aromatic hydroxyl groups is 1. The summed E-state index contributed by atoms with van der Waals surface area (Å²) < 4.78 is 7.36. The van der Waals surface area contributed by atoms with Crippen LogP contribution in [-0.2, 0) is 11.3 Å². The fourth-order valence-electron chi connectivity index (χ4n) is 2.29. The summed E-state index contributed by atoms with van der Waals surface area (Å²) in [6.07, 6.45) is 2.30. The number of ether oxygens (including phenoxy) is 1. The monoisotopic (exact) mass is 233 g/mol. The van der Waals surface area contributed by atoms with Crippen molar-refractivity contribution in [3.05, 3.63) is 18.2 Å². The molecule has 0 radical (unpaired) electrons. The summed E-state index contributed by atoms with van der Waals surface area (Å²) in [6, 6.07) is 5.16. The second-order valence-electron chi connectivity index (χ2n) is 4.53. The number of fused-ring (bicyclic) bond motifs is 1. The van der Waals surface area contributed by atoms with E-state index in [4.69, 9.17) is 4.74 Å². The Morgan fingerprint density at radius 3 is 3.24 bits per heavy atom. The van der Waals surface area contributed by atoms with Crippen molar-refractivity contribution in [3.63, 3.8) is 0 Å². The molecule has 0 aliphatic carbocycles. The number of hydrogen-bond donors (Lipinski definition) is 1. The molecule has 0 amide bonds. The van der Waals surface area contributed by atoms with Gasteiger partial charge in [-0.15, -0.1) is 5.10 Å². The fraction of sp³-hybridized carbons (Fsp3) is 0.500. The van der Waals surface area contributed by atoms with Crippen LogP contribution in [-0.4, -0.2) is 33.3 Å². The first kappa shape index (κ1) is 10.5. The summed E-state index contributed by atoms with van der Waals surface area (Å²) in [6.45, 7) is 2.52. The van der Waals surface area contributed by atoms with Crippen LogP contribution in [0.15, 0.2) is 18.2 Å². The van der Waals surface area contributed by atoms with E-state index in [0.717, 1.165) is 37.2 Å². The van der Waals surface area contributed by atoms with Gasteiger partial charge in [0.1, 0.15) is 11.3 Å². The lowest BCUT2D eigenvalue weighted by atomic mass is 10.0. The highest BCUT2D eigenvalue weighted by Gasteiger charge is 2.16. The zero-order valence-electron chi connectivity index (χ0n) is 9.54. The van der Waals surface area contributed by atoms with Crippen molar-refractivity contribution in [2.45, 2.75) is 19.4 Å². The van der Waals surface area contributed by atoms with E-state index in [0.29, 0.717) is 5.92 Å². The smallest absolute Gasteiger partial charge is 0.117 e. The molecule has 1 aromatic heterocycles. The summed E-state index contributed by atoms with van der Waals surface area (Å²) in [5.41, 5.74) is 1.70. The lowest BCUT2D eigenvalue weighted by Crippen LogP contribution is -2.22. The number of rotatable bonds is 2. The van der Waals surface area contributed by atoms with E-state index in [1.165, 1.54) is 6.42 Å². The van der Waals surface area contributed by atoms with Crippen molar-refractivity contribution in [2.24, 2.45) is 5.92 Å². The Morgan fingerprint density at radius 1 is 1.47 bits per heavy atom. The first-order valence-electron chi connectivity index (χ1n) is 5.93. The zero-order valence-corrected chi connectivity index (χ0v) is 9.54. The van der Waals surface area contributed by atoms with Crippen molar-refractivity contribution in [1.82, 2.24) is 15.0 Å². The normalized spacial score (nSPS) is 20.8. The molecule has 1 aliphatic rings. The number of benzene rings is 1. The van der Waals surface area contributed by atoms with Crippen LogP contribution in [0.25, 0.3) is 11.0 Å². The third-order valence-corrected chi connectivity index (χ3v) is 3.18. The highest BCUT2D eigenvalue weighted by molar-refractivity contribution is 5.75. The van der Waals surface area contributed by atoms with Gasteiger partial charge in [-0.1, -0.05) is 5.21 Å². The Hall–Kier alpha value is -1.62. The Labute approximate surface area is 99.0 Å². The van der Waals surface area contributed by atoms with Crippen molar-refractivity contribution < 1.29 is 9.84 Å². The van der Waals surface area contributed by atoms with Gasteiger partial charge in [-0.05, 0) is 25.0 Å². The molecule has 17 heavy (non-hydrogen) atoms. The van der Waals surface area contributed by atoms with Crippen molar-refractivity contribution in [3.8, 4) is 5.75 Å². The van der Waals surface area contributed by atoms with Gasteiger partial charge in [0.05, 0.1) is 12.1 Å². The summed E-state index contributed by atoms with van der Waals surface area (Å²) in [5.74, 6) is 0.744. The maximum atomic E-state index is 9.36. The van der Waals surface area contributed by atoms with E-state index >= 15 is 0 Å². The minimum atomic E-state index is 0.227. The molecule has 2 aromatic rings. The number of phenols is 1. The lowest BCUT2D eigenvalue weighted by molar-refractivity contribution is 0.0473. The quantitative estimate of drug-likeness (QED) is 0.855. The molecule has 0 spiro atoms. The summed E-state index contributed by atoms with van der Waals surface area (Å²) in [4.78, 5) is 0. The van der Waals surface area contributed by atoms with Gasteiger partial charge < -0.3 is 9.84 Å². The third-order valence-electron chi connectivity index (χ3n) is 3.18. The Balaban J connectivity index is 1.84. The average Bonchev–Trinajstić information content (AvgIpc) is 2.73.